The number of nitrogens with zero attached hydrogens (tertiary/aromatic N) is 1. The Hall–Kier alpha value is -0.730. The summed E-state index contributed by atoms with van der Waals surface area (Å²) in [5.41, 5.74) is 2.94. The second-order valence-electron chi connectivity index (χ2n) is 6.61. The number of nitrogens with one attached hydrogen (secondary N) is 1. The molecule has 1 aromatic carbocycles. The zero-order valence-corrected chi connectivity index (χ0v) is 13.8. The van der Waals surface area contributed by atoms with Gasteiger partial charge in [0, 0.05) is 19.6 Å². The lowest BCUT2D eigenvalue weighted by molar-refractivity contribution is 0.280. The van der Waals surface area contributed by atoms with Crippen LogP contribution in [0.15, 0.2) is 18.2 Å². The average Bonchev–Trinajstić information content (AvgIpc) is 2.40. The van der Waals surface area contributed by atoms with E-state index in [2.05, 4.69) is 49.2 Å². The Balaban J connectivity index is 1.99. The summed E-state index contributed by atoms with van der Waals surface area (Å²) in [4.78, 5) is 2.43. The number of anilines is 1. The van der Waals surface area contributed by atoms with Crippen molar-refractivity contribution in [1.29, 1.82) is 0 Å². The van der Waals surface area contributed by atoms with Gasteiger partial charge in [-0.15, -0.1) is 0 Å². The molecule has 1 aromatic rings. The third-order valence-electron chi connectivity index (χ3n) is 4.23. The third-order valence-corrected chi connectivity index (χ3v) is 4.53. The lowest BCUT2D eigenvalue weighted by Crippen LogP contribution is -2.37. The number of halogens is 1. The quantitative estimate of drug-likeness (QED) is 0.806. The van der Waals surface area contributed by atoms with Crippen LogP contribution in [0.25, 0.3) is 0 Å². The van der Waals surface area contributed by atoms with Crippen LogP contribution in [0.2, 0.25) is 5.02 Å². The van der Waals surface area contributed by atoms with E-state index in [9.17, 15) is 0 Å². The van der Waals surface area contributed by atoms with Crippen molar-refractivity contribution in [2.24, 2.45) is 5.41 Å². The minimum atomic E-state index is 0.479. The van der Waals surface area contributed by atoms with Crippen molar-refractivity contribution in [2.75, 3.05) is 24.5 Å². The van der Waals surface area contributed by atoms with Gasteiger partial charge in [-0.05, 0) is 48.9 Å². The van der Waals surface area contributed by atoms with Crippen molar-refractivity contribution in [3.63, 3.8) is 0 Å². The predicted molar refractivity (Wildman–Crippen MR) is 88.7 cm³/mol. The molecule has 1 saturated heterocycles. The fourth-order valence-electron chi connectivity index (χ4n) is 2.68. The van der Waals surface area contributed by atoms with E-state index in [1.54, 1.807) is 0 Å². The molecule has 20 heavy (non-hydrogen) atoms. The topological polar surface area (TPSA) is 15.3 Å². The first-order valence-corrected chi connectivity index (χ1v) is 8.14. The number of rotatable bonds is 5. The minimum absolute atomic E-state index is 0.479. The fraction of sp³-hybridized carbons (Fsp3) is 0.647. The highest BCUT2D eigenvalue weighted by Gasteiger charge is 2.26. The smallest absolute Gasteiger partial charge is 0.0642 e. The van der Waals surface area contributed by atoms with Crippen LogP contribution in [-0.4, -0.2) is 19.6 Å². The molecule has 3 heteroatoms. The van der Waals surface area contributed by atoms with Crippen molar-refractivity contribution in [3.8, 4) is 0 Å². The Bertz CT molecular complexity index is 433. The third kappa shape index (κ3) is 4.13. The van der Waals surface area contributed by atoms with E-state index in [4.69, 9.17) is 11.6 Å². The molecule has 1 aliphatic heterocycles. The number of hydrogen-bond donors (Lipinski definition) is 1. The Morgan fingerprint density at radius 2 is 1.95 bits per heavy atom. The van der Waals surface area contributed by atoms with Gasteiger partial charge in [0.25, 0.3) is 0 Å². The van der Waals surface area contributed by atoms with E-state index in [-0.39, 0.29) is 0 Å². The van der Waals surface area contributed by atoms with Crippen LogP contribution in [0.4, 0.5) is 5.69 Å². The highest BCUT2D eigenvalue weighted by Crippen LogP contribution is 2.35. The molecule has 1 fully saturated rings. The predicted octanol–water partition coefficient (Wildman–Crippen LogP) is 4.47. The van der Waals surface area contributed by atoms with Crippen LogP contribution in [0, 0.1) is 5.41 Å². The standard InChI is InChI=1S/C17H27ClN2/c1-4-9-19-13-14-5-6-16(15(18)12-14)20-10-7-17(2,3)8-11-20/h5-6,12,19H,4,7-11,13H2,1-3H3. The molecule has 0 unspecified atom stereocenters. The van der Waals surface area contributed by atoms with Gasteiger partial charge in [-0.2, -0.15) is 0 Å². The average molecular weight is 295 g/mol. The molecule has 0 atom stereocenters. The molecule has 0 bridgehead atoms. The summed E-state index contributed by atoms with van der Waals surface area (Å²) in [6.07, 6.45) is 3.64. The Kier molecular flexibility index (Phi) is 5.34. The Labute approximate surface area is 128 Å². The van der Waals surface area contributed by atoms with E-state index in [0.717, 1.165) is 37.6 Å². The maximum atomic E-state index is 6.48. The van der Waals surface area contributed by atoms with Gasteiger partial charge in [0.15, 0.2) is 0 Å². The van der Waals surface area contributed by atoms with Gasteiger partial charge >= 0.3 is 0 Å². The molecular formula is C17H27ClN2. The molecular weight excluding hydrogens is 268 g/mol. The van der Waals surface area contributed by atoms with Crippen LogP contribution in [0.5, 0.6) is 0 Å². The normalized spacial score (nSPS) is 18.3. The first-order valence-electron chi connectivity index (χ1n) is 7.76. The second-order valence-corrected chi connectivity index (χ2v) is 7.02. The molecule has 1 N–H and O–H groups in total. The summed E-state index contributed by atoms with van der Waals surface area (Å²) < 4.78 is 0. The lowest BCUT2D eigenvalue weighted by atomic mass is 9.82. The van der Waals surface area contributed by atoms with E-state index in [0.29, 0.717) is 5.41 Å². The second kappa shape index (κ2) is 6.82. The van der Waals surface area contributed by atoms with Crippen molar-refractivity contribution in [2.45, 2.75) is 46.6 Å². The largest absolute Gasteiger partial charge is 0.370 e. The van der Waals surface area contributed by atoms with Crippen LogP contribution in [0.1, 0.15) is 45.6 Å². The molecule has 0 aromatic heterocycles. The zero-order valence-electron chi connectivity index (χ0n) is 13.0. The van der Waals surface area contributed by atoms with Crippen LogP contribution in [0.3, 0.4) is 0 Å². The molecule has 2 nitrogen and oxygen atoms in total. The van der Waals surface area contributed by atoms with E-state index in [1.165, 1.54) is 24.1 Å². The molecule has 112 valence electrons. The lowest BCUT2D eigenvalue weighted by Gasteiger charge is -2.38. The van der Waals surface area contributed by atoms with Gasteiger partial charge in [0.05, 0.1) is 10.7 Å². The summed E-state index contributed by atoms with van der Waals surface area (Å²) in [5, 5.41) is 4.31. The van der Waals surface area contributed by atoms with Gasteiger partial charge in [0.1, 0.15) is 0 Å². The monoisotopic (exact) mass is 294 g/mol. The highest BCUT2D eigenvalue weighted by atomic mass is 35.5. The van der Waals surface area contributed by atoms with Gasteiger partial charge in [-0.1, -0.05) is 38.4 Å². The summed E-state index contributed by atoms with van der Waals surface area (Å²) in [7, 11) is 0. The fourth-order valence-corrected chi connectivity index (χ4v) is 3.00. The Morgan fingerprint density at radius 3 is 2.55 bits per heavy atom. The molecule has 0 saturated carbocycles. The summed E-state index contributed by atoms with van der Waals surface area (Å²) in [5.74, 6) is 0. The molecule has 0 spiro atoms. The molecule has 0 aliphatic carbocycles. The number of hydrogen-bond acceptors (Lipinski definition) is 2. The molecule has 0 radical (unpaired) electrons. The van der Waals surface area contributed by atoms with Crippen molar-refractivity contribution < 1.29 is 0 Å². The number of piperidine rings is 1. The van der Waals surface area contributed by atoms with Crippen molar-refractivity contribution >= 4 is 17.3 Å². The number of benzene rings is 1. The zero-order chi connectivity index (χ0) is 14.6. The van der Waals surface area contributed by atoms with Crippen molar-refractivity contribution in [3.05, 3.63) is 28.8 Å². The molecule has 1 aliphatic rings. The maximum Gasteiger partial charge on any atom is 0.0642 e. The SMILES string of the molecule is CCCNCc1ccc(N2CCC(C)(C)CC2)c(Cl)c1. The molecule has 1 heterocycles. The highest BCUT2D eigenvalue weighted by molar-refractivity contribution is 6.33. The minimum Gasteiger partial charge on any atom is -0.370 e. The molecule has 0 amide bonds. The van der Waals surface area contributed by atoms with Crippen molar-refractivity contribution in [1.82, 2.24) is 5.32 Å². The van der Waals surface area contributed by atoms with E-state index < -0.39 is 0 Å². The van der Waals surface area contributed by atoms with Gasteiger partial charge in [-0.3, -0.25) is 0 Å². The summed E-state index contributed by atoms with van der Waals surface area (Å²) in [6.45, 7) is 11.1. The van der Waals surface area contributed by atoms with Gasteiger partial charge in [0.2, 0.25) is 0 Å². The van der Waals surface area contributed by atoms with Crippen LogP contribution >= 0.6 is 11.6 Å². The summed E-state index contributed by atoms with van der Waals surface area (Å²) >= 11 is 6.48. The summed E-state index contributed by atoms with van der Waals surface area (Å²) in [6, 6.07) is 6.49. The van der Waals surface area contributed by atoms with E-state index >= 15 is 0 Å². The van der Waals surface area contributed by atoms with Gasteiger partial charge in [-0.25, -0.2) is 0 Å². The molecule has 2 rings (SSSR count). The first kappa shape index (κ1) is 15.7. The Morgan fingerprint density at radius 1 is 1.25 bits per heavy atom. The first-order chi connectivity index (χ1) is 9.52. The maximum absolute atomic E-state index is 6.48. The van der Waals surface area contributed by atoms with Crippen LogP contribution < -0.4 is 10.2 Å². The van der Waals surface area contributed by atoms with Gasteiger partial charge < -0.3 is 10.2 Å². The van der Waals surface area contributed by atoms with E-state index in [1.807, 2.05) is 0 Å². The van der Waals surface area contributed by atoms with Crippen LogP contribution in [-0.2, 0) is 6.54 Å².